The second-order valence-corrected chi connectivity index (χ2v) is 13.4. The van der Waals surface area contributed by atoms with Crippen molar-refractivity contribution in [3.05, 3.63) is 45.5 Å². The smallest absolute Gasteiger partial charge is 0.250 e. The molecule has 24 heavy (non-hydrogen) atoms. The van der Waals surface area contributed by atoms with Crippen LogP contribution in [-0.4, -0.2) is 13.3 Å². The Balaban J connectivity index is 2.16. The molecular formula is C18H23BrClNO2Si. The van der Waals surface area contributed by atoms with Gasteiger partial charge >= 0.3 is 0 Å². The van der Waals surface area contributed by atoms with E-state index in [2.05, 4.69) is 54.8 Å². The third-order valence-corrected chi connectivity index (χ3v) is 9.39. The van der Waals surface area contributed by atoms with Gasteiger partial charge in [-0.2, -0.15) is 0 Å². The Morgan fingerprint density at radius 1 is 1.17 bits per heavy atom. The molecule has 0 saturated carbocycles. The minimum atomic E-state index is -1.87. The zero-order chi connectivity index (χ0) is 18.1. The SMILES string of the molecule is Cc1cc(Br)cc(Cl)c1Oc1ccc(O[Si](C)(C)C(C)(C)C)cn1. The summed E-state index contributed by atoms with van der Waals surface area (Å²) in [5.74, 6) is 1.88. The average molecular weight is 429 g/mol. The fourth-order valence-electron chi connectivity index (χ4n) is 1.86. The van der Waals surface area contributed by atoms with Gasteiger partial charge in [-0.25, -0.2) is 4.98 Å². The van der Waals surface area contributed by atoms with Crippen LogP contribution in [0.5, 0.6) is 17.4 Å². The number of pyridine rings is 1. The molecule has 1 aromatic carbocycles. The van der Waals surface area contributed by atoms with Crippen LogP contribution in [0.4, 0.5) is 0 Å². The van der Waals surface area contributed by atoms with Gasteiger partial charge in [-0.3, -0.25) is 0 Å². The Morgan fingerprint density at radius 2 is 1.83 bits per heavy atom. The van der Waals surface area contributed by atoms with Gasteiger partial charge in [0, 0.05) is 10.5 Å². The summed E-state index contributed by atoms with van der Waals surface area (Å²) in [5, 5.41) is 0.690. The number of hydrogen-bond donors (Lipinski definition) is 0. The predicted molar refractivity (Wildman–Crippen MR) is 106 cm³/mol. The van der Waals surface area contributed by atoms with Gasteiger partial charge in [0.25, 0.3) is 8.32 Å². The van der Waals surface area contributed by atoms with E-state index in [0.717, 1.165) is 15.8 Å². The van der Waals surface area contributed by atoms with E-state index in [-0.39, 0.29) is 5.04 Å². The van der Waals surface area contributed by atoms with Crippen molar-refractivity contribution in [2.45, 2.75) is 45.8 Å². The van der Waals surface area contributed by atoms with Crippen LogP contribution in [0.3, 0.4) is 0 Å². The van der Waals surface area contributed by atoms with Crippen LogP contribution in [0, 0.1) is 6.92 Å². The van der Waals surface area contributed by atoms with Gasteiger partial charge in [0.2, 0.25) is 5.88 Å². The standard InChI is InChI=1S/C18H23BrClNO2Si/c1-12-9-13(19)10-15(20)17(12)22-16-8-7-14(11-21-16)23-24(5,6)18(2,3)4/h7-11H,1-6H3. The third-order valence-electron chi connectivity index (χ3n) is 4.29. The summed E-state index contributed by atoms with van der Waals surface area (Å²) in [6, 6.07) is 7.46. The quantitative estimate of drug-likeness (QED) is 0.492. The first-order chi connectivity index (χ1) is 11.0. The number of ether oxygens (including phenoxy) is 1. The number of rotatable bonds is 4. The zero-order valence-corrected chi connectivity index (χ0v) is 18.2. The summed E-state index contributed by atoms with van der Waals surface area (Å²) >= 11 is 9.67. The molecule has 6 heteroatoms. The molecule has 2 rings (SSSR count). The number of aryl methyl sites for hydroxylation is 1. The molecule has 1 heterocycles. The third kappa shape index (κ3) is 4.52. The summed E-state index contributed by atoms with van der Waals surface area (Å²) < 4.78 is 13.0. The largest absolute Gasteiger partial charge is 0.542 e. The highest BCUT2D eigenvalue weighted by Gasteiger charge is 2.39. The molecule has 0 spiro atoms. The lowest BCUT2D eigenvalue weighted by Gasteiger charge is -2.36. The van der Waals surface area contributed by atoms with Gasteiger partial charge < -0.3 is 9.16 Å². The molecule has 0 radical (unpaired) electrons. The molecule has 0 unspecified atom stereocenters. The van der Waals surface area contributed by atoms with Gasteiger partial charge in [-0.05, 0) is 48.8 Å². The number of aromatic nitrogens is 1. The Labute approximate surface area is 158 Å². The molecule has 0 amide bonds. The monoisotopic (exact) mass is 427 g/mol. The fourth-order valence-corrected chi connectivity index (χ4v) is 3.88. The van der Waals surface area contributed by atoms with Crippen LogP contribution >= 0.6 is 27.5 Å². The zero-order valence-electron chi connectivity index (χ0n) is 14.9. The highest BCUT2D eigenvalue weighted by atomic mass is 79.9. The summed E-state index contributed by atoms with van der Waals surface area (Å²) in [5.41, 5.74) is 0.942. The number of halogens is 2. The maximum Gasteiger partial charge on any atom is 0.250 e. The lowest BCUT2D eigenvalue weighted by Crippen LogP contribution is -2.43. The van der Waals surface area contributed by atoms with E-state index in [1.54, 1.807) is 18.3 Å². The fraction of sp³-hybridized carbons (Fsp3) is 0.389. The molecule has 0 atom stereocenters. The van der Waals surface area contributed by atoms with Crippen LogP contribution in [0.15, 0.2) is 34.9 Å². The van der Waals surface area contributed by atoms with E-state index < -0.39 is 8.32 Å². The summed E-state index contributed by atoms with van der Waals surface area (Å²) in [6.07, 6.45) is 1.71. The second kappa shape index (κ2) is 7.06. The summed E-state index contributed by atoms with van der Waals surface area (Å²) in [4.78, 5) is 4.35. The highest BCUT2D eigenvalue weighted by molar-refractivity contribution is 9.10. The normalized spacial score (nSPS) is 12.2. The van der Waals surface area contributed by atoms with Crippen molar-refractivity contribution in [2.24, 2.45) is 0 Å². The van der Waals surface area contributed by atoms with Gasteiger partial charge in [0.1, 0.15) is 5.75 Å². The first-order valence-electron chi connectivity index (χ1n) is 7.78. The van der Waals surface area contributed by atoms with Crippen LogP contribution in [0.2, 0.25) is 23.2 Å². The van der Waals surface area contributed by atoms with Gasteiger partial charge in [-0.15, -0.1) is 0 Å². The van der Waals surface area contributed by atoms with Crippen LogP contribution in [0.25, 0.3) is 0 Å². The summed E-state index contributed by atoms with van der Waals surface area (Å²) in [7, 11) is -1.87. The minimum Gasteiger partial charge on any atom is -0.542 e. The van der Waals surface area contributed by atoms with Crippen LogP contribution in [-0.2, 0) is 0 Å². The van der Waals surface area contributed by atoms with E-state index >= 15 is 0 Å². The molecule has 0 aliphatic carbocycles. The van der Waals surface area contributed by atoms with Crippen molar-refractivity contribution < 1.29 is 9.16 Å². The molecule has 0 N–H and O–H groups in total. The minimum absolute atomic E-state index is 0.143. The first-order valence-corrected chi connectivity index (χ1v) is 11.9. The van der Waals surface area contributed by atoms with E-state index in [4.69, 9.17) is 20.8 Å². The molecule has 0 bridgehead atoms. The predicted octanol–water partition coefficient (Wildman–Crippen LogP) is 6.98. The molecule has 130 valence electrons. The lowest BCUT2D eigenvalue weighted by molar-refractivity contribution is 0.452. The van der Waals surface area contributed by atoms with E-state index in [1.165, 1.54) is 0 Å². The lowest BCUT2D eigenvalue weighted by atomic mass is 10.2. The van der Waals surface area contributed by atoms with E-state index in [0.29, 0.717) is 16.7 Å². The first kappa shape index (κ1) is 19.3. The van der Waals surface area contributed by atoms with Crippen LogP contribution in [0.1, 0.15) is 26.3 Å². The molecule has 3 nitrogen and oxygen atoms in total. The maximum atomic E-state index is 6.25. The molecule has 0 fully saturated rings. The molecule has 2 aromatic rings. The molecule has 1 aromatic heterocycles. The number of benzene rings is 1. The van der Waals surface area contributed by atoms with Crippen molar-refractivity contribution >= 4 is 35.8 Å². The molecule has 0 aliphatic heterocycles. The summed E-state index contributed by atoms with van der Waals surface area (Å²) in [6.45, 7) is 13.0. The second-order valence-electron chi connectivity index (χ2n) is 7.33. The molecule has 0 aliphatic rings. The van der Waals surface area contributed by atoms with Crippen molar-refractivity contribution in [3.63, 3.8) is 0 Å². The molecular weight excluding hydrogens is 406 g/mol. The highest BCUT2D eigenvalue weighted by Crippen LogP contribution is 2.38. The Bertz CT molecular complexity index is 704. The topological polar surface area (TPSA) is 31.4 Å². The van der Waals surface area contributed by atoms with Crippen molar-refractivity contribution in [3.8, 4) is 17.4 Å². The maximum absolute atomic E-state index is 6.25. The van der Waals surface area contributed by atoms with Crippen molar-refractivity contribution in [1.82, 2.24) is 4.98 Å². The van der Waals surface area contributed by atoms with Gasteiger partial charge in [0.05, 0.1) is 11.2 Å². The Morgan fingerprint density at radius 3 is 2.33 bits per heavy atom. The van der Waals surface area contributed by atoms with Gasteiger partial charge in [0.15, 0.2) is 5.75 Å². The van der Waals surface area contributed by atoms with Crippen molar-refractivity contribution in [1.29, 1.82) is 0 Å². The van der Waals surface area contributed by atoms with Gasteiger partial charge in [-0.1, -0.05) is 48.3 Å². The average Bonchev–Trinajstić information content (AvgIpc) is 2.43. The number of nitrogens with zero attached hydrogens (tertiary/aromatic N) is 1. The Hall–Kier alpha value is -1.04. The molecule has 0 saturated heterocycles. The Kier molecular flexibility index (Phi) is 5.67. The van der Waals surface area contributed by atoms with Crippen molar-refractivity contribution in [2.75, 3.05) is 0 Å². The van der Waals surface area contributed by atoms with E-state index in [9.17, 15) is 0 Å². The number of hydrogen-bond acceptors (Lipinski definition) is 3. The van der Waals surface area contributed by atoms with E-state index in [1.807, 2.05) is 19.1 Å². The van der Waals surface area contributed by atoms with Crippen LogP contribution < -0.4 is 9.16 Å².